The van der Waals surface area contributed by atoms with Crippen LogP contribution >= 0.6 is 0 Å². The molecule has 0 aromatic heterocycles. The van der Waals surface area contributed by atoms with Crippen LogP contribution in [0, 0.1) is 18.3 Å². The minimum atomic E-state index is -0.128. The third-order valence-electron chi connectivity index (χ3n) is 4.36. The lowest BCUT2D eigenvalue weighted by atomic mass is 9.71. The fraction of sp³-hybridized carbons (Fsp3) is 0.588. The fourth-order valence-electron chi connectivity index (χ4n) is 3.01. The van der Waals surface area contributed by atoms with Crippen LogP contribution in [0.5, 0.6) is 0 Å². The van der Waals surface area contributed by atoms with Crippen LogP contribution in [0.15, 0.2) is 24.3 Å². The third-order valence-corrected chi connectivity index (χ3v) is 4.36. The molecule has 2 rings (SSSR count). The number of nitrogens with zero attached hydrogens (tertiary/aromatic N) is 1. The number of rotatable bonds is 3. The standard InChI is InChI=1S/C17H25NO/c1-13-7-9-15(10-8-13)18(4)12-14-6-5-11-17(2,3)16(14)19/h7-10,14H,5-6,11-12H2,1-4H3. The molecule has 0 heterocycles. The number of carbonyl (C=O) groups is 1. The van der Waals surface area contributed by atoms with E-state index < -0.39 is 0 Å². The summed E-state index contributed by atoms with van der Waals surface area (Å²) in [6.45, 7) is 7.11. The summed E-state index contributed by atoms with van der Waals surface area (Å²) in [6, 6.07) is 8.51. The van der Waals surface area contributed by atoms with Crippen LogP contribution < -0.4 is 4.90 Å². The molecule has 1 unspecified atom stereocenters. The van der Waals surface area contributed by atoms with Crippen LogP contribution in [0.1, 0.15) is 38.7 Å². The van der Waals surface area contributed by atoms with Crippen LogP contribution in [0.3, 0.4) is 0 Å². The molecule has 1 aliphatic rings. The Bertz CT molecular complexity index is 447. The van der Waals surface area contributed by atoms with E-state index in [1.807, 2.05) is 0 Å². The molecule has 0 bridgehead atoms. The fourth-order valence-corrected chi connectivity index (χ4v) is 3.01. The zero-order chi connectivity index (χ0) is 14.0. The van der Waals surface area contributed by atoms with E-state index in [0.29, 0.717) is 5.78 Å². The number of ketones is 1. The van der Waals surface area contributed by atoms with Crippen LogP contribution in [-0.4, -0.2) is 19.4 Å². The monoisotopic (exact) mass is 259 g/mol. The maximum Gasteiger partial charge on any atom is 0.143 e. The van der Waals surface area contributed by atoms with Crippen LogP contribution in [0.2, 0.25) is 0 Å². The Kier molecular flexibility index (Phi) is 3.98. The highest BCUT2D eigenvalue weighted by molar-refractivity contribution is 5.87. The zero-order valence-electron chi connectivity index (χ0n) is 12.6. The van der Waals surface area contributed by atoms with Gasteiger partial charge in [-0.3, -0.25) is 4.79 Å². The van der Waals surface area contributed by atoms with Crippen LogP contribution in [0.25, 0.3) is 0 Å². The number of aryl methyl sites for hydroxylation is 1. The number of carbonyl (C=O) groups excluding carboxylic acids is 1. The quantitative estimate of drug-likeness (QED) is 0.822. The van der Waals surface area contributed by atoms with E-state index in [1.54, 1.807) is 0 Å². The molecule has 2 heteroatoms. The lowest BCUT2D eigenvalue weighted by Gasteiger charge is -2.35. The van der Waals surface area contributed by atoms with Crippen LogP contribution in [0.4, 0.5) is 5.69 Å². The summed E-state index contributed by atoms with van der Waals surface area (Å²) >= 11 is 0. The summed E-state index contributed by atoms with van der Waals surface area (Å²) in [6.07, 6.45) is 3.25. The summed E-state index contributed by atoms with van der Waals surface area (Å²) in [5.41, 5.74) is 2.34. The van der Waals surface area contributed by atoms with Crippen molar-refractivity contribution in [1.82, 2.24) is 0 Å². The van der Waals surface area contributed by atoms with Gasteiger partial charge in [0.15, 0.2) is 0 Å². The molecule has 0 aliphatic heterocycles. The first kappa shape index (κ1) is 14.1. The molecule has 1 saturated carbocycles. The zero-order valence-corrected chi connectivity index (χ0v) is 12.6. The van der Waals surface area contributed by atoms with E-state index in [1.165, 1.54) is 17.7 Å². The maximum absolute atomic E-state index is 12.4. The molecule has 1 aliphatic carbocycles. The average Bonchev–Trinajstić information content (AvgIpc) is 2.35. The van der Waals surface area contributed by atoms with Gasteiger partial charge in [0, 0.05) is 30.6 Å². The highest BCUT2D eigenvalue weighted by atomic mass is 16.1. The summed E-state index contributed by atoms with van der Waals surface area (Å²) in [5.74, 6) is 0.632. The van der Waals surface area contributed by atoms with E-state index >= 15 is 0 Å². The Morgan fingerprint density at radius 2 is 1.89 bits per heavy atom. The first-order valence-corrected chi connectivity index (χ1v) is 7.22. The van der Waals surface area contributed by atoms with Gasteiger partial charge in [0.2, 0.25) is 0 Å². The molecule has 1 aromatic rings. The molecule has 0 N–H and O–H groups in total. The summed E-state index contributed by atoms with van der Waals surface area (Å²) in [7, 11) is 2.08. The van der Waals surface area contributed by atoms with Crippen molar-refractivity contribution in [2.75, 3.05) is 18.5 Å². The topological polar surface area (TPSA) is 20.3 Å². The number of hydrogen-bond acceptors (Lipinski definition) is 2. The molecule has 0 spiro atoms. The van der Waals surface area contributed by atoms with Gasteiger partial charge in [0.1, 0.15) is 5.78 Å². The summed E-state index contributed by atoms with van der Waals surface area (Å²) < 4.78 is 0. The molecular weight excluding hydrogens is 234 g/mol. The van der Waals surface area contributed by atoms with Crippen molar-refractivity contribution >= 4 is 11.5 Å². The molecule has 0 radical (unpaired) electrons. The minimum Gasteiger partial charge on any atom is -0.374 e. The van der Waals surface area contributed by atoms with E-state index in [2.05, 4.69) is 57.0 Å². The number of benzene rings is 1. The van der Waals surface area contributed by atoms with Crippen molar-refractivity contribution < 1.29 is 4.79 Å². The Morgan fingerprint density at radius 3 is 2.53 bits per heavy atom. The third kappa shape index (κ3) is 3.17. The van der Waals surface area contributed by atoms with Crippen molar-refractivity contribution in [3.8, 4) is 0 Å². The molecule has 1 atom stereocenters. The van der Waals surface area contributed by atoms with E-state index in [4.69, 9.17) is 0 Å². The molecule has 0 amide bonds. The number of Topliss-reactive ketones (excluding diaryl/α,β-unsaturated/α-hetero) is 1. The second-order valence-electron chi connectivity index (χ2n) is 6.55. The van der Waals surface area contributed by atoms with Gasteiger partial charge in [-0.1, -0.05) is 38.0 Å². The van der Waals surface area contributed by atoms with Crippen molar-refractivity contribution in [3.05, 3.63) is 29.8 Å². The Labute approximate surface area is 116 Å². The van der Waals surface area contributed by atoms with Gasteiger partial charge >= 0.3 is 0 Å². The number of anilines is 1. The lowest BCUT2D eigenvalue weighted by Crippen LogP contribution is -2.40. The summed E-state index contributed by atoms with van der Waals surface area (Å²) in [5, 5.41) is 0. The van der Waals surface area contributed by atoms with Crippen molar-refractivity contribution in [2.45, 2.75) is 40.0 Å². The van der Waals surface area contributed by atoms with Gasteiger partial charge in [-0.25, -0.2) is 0 Å². The predicted molar refractivity (Wildman–Crippen MR) is 80.6 cm³/mol. The molecule has 2 nitrogen and oxygen atoms in total. The van der Waals surface area contributed by atoms with Gasteiger partial charge in [-0.2, -0.15) is 0 Å². The number of hydrogen-bond donors (Lipinski definition) is 0. The largest absolute Gasteiger partial charge is 0.374 e. The van der Waals surface area contributed by atoms with Gasteiger partial charge in [-0.05, 0) is 31.9 Å². The first-order chi connectivity index (χ1) is 8.90. The van der Waals surface area contributed by atoms with E-state index in [-0.39, 0.29) is 11.3 Å². The smallest absolute Gasteiger partial charge is 0.143 e. The minimum absolute atomic E-state index is 0.128. The maximum atomic E-state index is 12.4. The van der Waals surface area contributed by atoms with E-state index in [0.717, 1.165) is 19.4 Å². The Morgan fingerprint density at radius 1 is 1.26 bits per heavy atom. The molecule has 0 saturated heterocycles. The molecular formula is C17H25NO. The highest BCUT2D eigenvalue weighted by Gasteiger charge is 2.37. The lowest BCUT2D eigenvalue weighted by molar-refractivity contribution is -0.133. The Hall–Kier alpha value is -1.31. The van der Waals surface area contributed by atoms with Crippen molar-refractivity contribution in [3.63, 3.8) is 0 Å². The second kappa shape index (κ2) is 5.36. The molecule has 19 heavy (non-hydrogen) atoms. The normalized spacial score (nSPS) is 22.3. The van der Waals surface area contributed by atoms with Gasteiger partial charge in [0.05, 0.1) is 0 Å². The predicted octanol–water partition coefficient (Wildman–Crippen LogP) is 3.83. The highest BCUT2D eigenvalue weighted by Crippen LogP contribution is 2.36. The molecule has 104 valence electrons. The van der Waals surface area contributed by atoms with Gasteiger partial charge in [0.25, 0.3) is 0 Å². The molecule has 1 aromatic carbocycles. The van der Waals surface area contributed by atoms with Crippen molar-refractivity contribution in [2.24, 2.45) is 11.3 Å². The van der Waals surface area contributed by atoms with Gasteiger partial charge < -0.3 is 4.90 Å². The van der Waals surface area contributed by atoms with E-state index in [9.17, 15) is 4.79 Å². The first-order valence-electron chi connectivity index (χ1n) is 7.22. The van der Waals surface area contributed by atoms with Gasteiger partial charge in [-0.15, -0.1) is 0 Å². The van der Waals surface area contributed by atoms with Crippen LogP contribution in [-0.2, 0) is 4.79 Å². The average molecular weight is 259 g/mol. The SMILES string of the molecule is Cc1ccc(N(C)CC2CCCC(C)(C)C2=O)cc1. The second-order valence-corrected chi connectivity index (χ2v) is 6.55. The Balaban J connectivity index is 2.04. The van der Waals surface area contributed by atoms with Crippen molar-refractivity contribution in [1.29, 1.82) is 0 Å². The molecule has 1 fully saturated rings. The summed E-state index contributed by atoms with van der Waals surface area (Å²) in [4.78, 5) is 14.7.